The lowest BCUT2D eigenvalue weighted by Crippen LogP contribution is -2.02. The van der Waals surface area contributed by atoms with E-state index in [1.807, 2.05) is 0 Å². The average Bonchev–Trinajstić information content (AvgIpc) is 3.01. The molecular formula is C9H8N2O4. The van der Waals surface area contributed by atoms with E-state index in [9.17, 15) is 14.9 Å². The Hall–Kier alpha value is -1.98. The van der Waals surface area contributed by atoms with Gasteiger partial charge >= 0.3 is 5.82 Å². The van der Waals surface area contributed by atoms with Crippen molar-refractivity contribution < 1.29 is 14.5 Å². The summed E-state index contributed by atoms with van der Waals surface area (Å²) in [5.41, 5.74) is 0.274. The van der Waals surface area contributed by atoms with Crippen molar-refractivity contribution in [3.63, 3.8) is 0 Å². The quantitative estimate of drug-likeness (QED) is 0.423. The lowest BCUT2D eigenvalue weighted by atomic mass is 10.3. The highest BCUT2D eigenvalue weighted by Crippen LogP contribution is 2.32. The number of aldehydes is 1. The van der Waals surface area contributed by atoms with Gasteiger partial charge in [0, 0.05) is 6.07 Å². The predicted octanol–water partition coefficient (Wildman–Crippen LogP) is 1.34. The number of carbonyl (C=O) groups excluding carboxylic acids is 1. The number of carbonyl (C=O) groups is 1. The minimum atomic E-state index is -0.619. The van der Waals surface area contributed by atoms with Crippen molar-refractivity contribution in [3.05, 3.63) is 27.9 Å². The summed E-state index contributed by atoms with van der Waals surface area (Å²) in [6.45, 7) is 0. The molecule has 15 heavy (non-hydrogen) atoms. The maximum atomic E-state index is 10.6. The van der Waals surface area contributed by atoms with E-state index in [1.165, 1.54) is 6.07 Å². The Kier molecular flexibility index (Phi) is 2.32. The Morgan fingerprint density at radius 3 is 2.87 bits per heavy atom. The van der Waals surface area contributed by atoms with Crippen molar-refractivity contribution in [1.82, 2.24) is 4.98 Å². The molecule has 0 saturated heterocycles. The molecule has 0 aromatic carbocycles. The highest BCUT2D eigenvalue weighted by Gasteiger charge is 2.28. The normalized spacial score (nSPS) is 14.7. The van der Waals surface area contributed by atoms with Crippen LogP contribution in [0.2, 0.25) is 0 Å². The van der Waals surface area contributed by atoms with Crippen molar-refractivity contribution >= 4 is 12.1 Å². The second-order valence-electron chi connectivity index (χ2n) is 3.28. The molecule has 1 saturated carbocycles. The molecule has 0 bridgehead atoms. The third kappa shape index (κ3) is 2.09. The second-order valence-corrected chi connectivity index (χ2v) is 3.28. The van der Waals surface area contributed by atoms with Crippen LogP contribution in [0.5, 0.6) is 5.75 Å². The number of pyridine rings is 1. The van der Waals surface area contributed by atoms with E-state index in [1.54, 1.807) is 0 Å². The van der Waals surface area contributed by atoms with Crippen LogP contribution in [0.4, 0.5) is 5.82 Å². The SMILES string of the molecule is O=Cc1cnc([N+](=O)[O-])c(OC2CC2)c1. The molecule has 0 spiro atoms. The zero-order valence-electron chi connectivity index (χ0n) is 7.75. The van der Waals surface area contributed by atoms with E-state index in [0.29, 0.717) is 6.29 Å². The summed E-state index contributed by atoms with van der Waals surface area (Å²) < 4.78 is 5.30. The van der Waals surface area contributed by atoms with Gasteiger partial charge < -0.3 is 14.9 Å². The Balaban J connectivity index is 2.34. The van der Waals surface area contributed by atoms with Gasteiger partial charge in [0.15, 0.2) is 12.5 Å². The van der Waals surface area contributed by atoms with Gasteiger partial charge in [0.25, 0.3) is 0 Å². The molecular weight excluding hydrogens is 200 g/mol. The van der Waals surface area contributed by atoms with Gasteiger partial charge in [-0.3, -0.25) is 4.79 Å². The van der Waals surface area contributed by atoms with Crippen LogP contribution >= 0.6 is 0 Å². The van der Waals surface area contributed by atoms with Gasteiger partial charge in [0.1, 0.15) is 0 Å². The molecule has 1 aromatic heterocycles. The maximum absolute atomic E-state index is 10.6. The van der Waals surface area contributed by atoms with Gasteiger partial charge in [-0.1, -0.05) is 0 Å². The molecule has 1 aliphatic rings. The summed E-state index contributed by atoms with van der Waals surface area (Å²) in [5, 5.41) is 10.6. The average molecular weight is 208 g/mol. The zero-order valence-corrected chi connectivity index (χ0v) is 7.75. The van der Waals surface area contributed by atoms with Crippen LogP contribution < -0.4 is 4.74 Å². The first-order chi connectivity index (χ1) is 7.20. The number of hydrogen-bond donors (Lipinski definition) is 0. The summed E-state index contributed by atoms with van der Waals surface area (Å²) in [6, 6.07) is 1.34. The van der Waals surface area contributed by atoms with Gasteiger partial charge in [0.05, 0.1) is 11.7 Å². The van der Waals surface area contributed by atoms with E-state index in [4.69, 9.17) is 4.74 Å². The van der Waals surface area contributed by atoms with Crippen LogP contribution in [0.15, 0.2) is 12.3 Å². The lowest BCUT2D eigenvalue weighted by molar-refractivity contribution is -0.390. The van der Waals surface area contributed by atoms with E-state index >= 15 is 0 Å². The fourth-order valence-electron chi connectivity index (χ4n) is 1.11. The molecule has 0 aliphatic heterocycles. The van der Waals surface area contributed by atoms with Gasteiger partial charge in [-0.15, -0.1) is 0 Å². The number of nitrogens with zero attached hydrogens (tertiary/aromatic N) is 2. The molecule has 6 nitrogen and oxygen atoms in total. The number of ether oxygens (including phenoxy) is 1. The predicted molar refractivity (Wildman–Crippen MR) is 49.9 cm³/mol. The standard InChI is InChI=1S/C9H8N2O4/c12-5-6-3-8(15-7-1-2-7)9(10-4-6)11(13)14/h3-5,7H,1-2H2. The fourth-order valence-corrected chi connectivity index (χ4v) is 1.11. The molecule has 1 heterocycles. The van der Waals surface area contributed by atoms with E-state index in [-0.39, 0.29) is 23.2 Å². The first kappa shape index (κ1) is 9.57. The number of rotatable bonds is 4. The Morgan fingerprint density at radius 2 is 2.33 bits per heavy atom. The topological polar surface area (TPSA) is 82.3 Å². The van der Waals surface area contributed by atoms with Gasteiger partial charge in [-0.05, 0) is 22.7 Å². The zero-order chi connectivity index (χ0) is 10.8. The van der Waals surface area contributed by atoms with E-state index in [0.717, 1.165) is 19.0 Å². The van der Waals surface area contributed by atoms with Crippen LogP contribution in [-0.4, -0.2) is 22.3 Å². The maximum Gasteiger partial charge on any atom is 0.406 e. The third-order valence-electron chi connectivity index (χ3n) is 1.98. The third-order valence-corrected chi connectivity index (χ3v) is 1.98. The molecule has 0 N–H and O–H groups in total. The van der Waals surface area contributed by atoms with Crippen molar-refractivity contribution in [2.24, 2.45) is 0 Å². The summed E-state index contributed by atoms with van der Waals surface area (Å²) in [6.07, 6.45) is 3.55. The molecule has 78 valence electrons. The van der Waals surface area contributed by atoms with Gasteiger partial charge in [-0.2, -0.15) is 0 Å². The van der Waals surface area contributed by atoms with Crippen LogP contribution in [-0.2, 0) is 0 Å². The molecule has 0 unspecified atom stereocenters. The number of nitro groups is 1. The summed E-state index contributed by atoms with van der Waals surface area (Å²) >= 11 is 0. The van der Waals surface area contributed by atoms with Crippen LogP contribution in [0.25, 0.3) is 0 Å². The second kappa shape index (κ2) is 3.64. The molecule has 1 aliphatic carbocycles. The van der Waals surface area contributed by atoms with Crippen LogP contribution in [0, 0.1) is 10.1 Å². The fraction of sp³-hybridized carbons (Fsp3) is 0.333. The van der Waals surface area contributed by atoms with E-state index in [2.05, 4.69) is 4.98 Å². The van der Waals surface area contributed by atoms with Crippen LogP contribution in [0.1, 0.15) is 23.2 Å². The highest BCUT2D eigenvalue weighted by molar-refractivity contribution is 5.75. The number of aromatic nitrogens is 1. The smallest absolute Gasteiger partial charge is 0.406 e. The first-order valence-electron chi connectivity index (χ1n) is 4.47. The largest absolute Gasteiger partial charge is 0.482 e. The van der Waals surface area contributed by atoms with Crippen LogP contribution in [0.3, 0.4) is 0 Å². The minimum Gasteiger partial charge on any atom is -0.482 e. The van der Waals surface area contributed by atoms with Crippen molar-refractivity contribution in [2.45, 2.75) is 18.9 Å². The molecule has 1 aromatic rings. The molecule has 0 atom stereocenters. The lowest BCUT2D eigenvalue weighted by Gasteiger charge is -2.04. The Morgan fingerprint density at radius 1 is 1.60 bits per heavy atom. The van der Waals surface area contributed by atoms with Gasteiger partial charge in [0.2, 0.25) is 5.75 Å². The summed E-state index contributed by atoms with van der Waals surface area (Å²) in [4.78, 5) is 24.0. The Bertz CT molecular complexity index is 415. The molecule has 0 radical (unpaired) electrons. The summed E-state index contributed by atoms with van der Waals surface area (Å²) in [5.74, 6) is -0.264. The molecule has 2 rings (SSSR count). The summed E-state index contributed by atoms with van der Waals surface area (Å²) in [7, 11) is 0. The van der Waals surface area contributed by atoms with Crippen molar-refractivity contribution in [1.29, 1.82) is 0 Å². The Labute approximate surface area is 85.0 Å². The molecule has 6 heteroatoms. The minimum absolute atomic E-state index is 0.0346. The first-order valence-corrected chi connectivity index (χ1v) is 4.47. The van der Waals surface area contributed by atoms with E-state index < -0.39 is 4.92 Å². The monoisotopic (exact) mass is 208 g/mol. The van der Waals surface area contributed by atoms with Gasteiger partial charge in [-0.25, -0.2) is 0 Å². The number of hydrogen-bond acceptors (Lipinski definition) is 5. The van der Waals surface area contributed by atoms with Crippen molar-refractivity contribution in [2.75, 3.05) is 0 Å². The molecule has 1 fully saturated rings. The highest BCUT2D eigenvalue weighted by atomic mass is 16.6. The molecule has 0 amide bonds. The van der Waals surface area contributed by atoms with Crippen molar-refractivity contribution in [3.8, 4) is 5.75 Å².